The Morgan fingerprint density at radius 1 is 1.24 bits per heavy atom. The van der Waals surface area contributed by atoms with Crippen LogP contribution in [-0.2, 0) is 4.79 Å². The molecular weight excluding hydrogens is 340 g/mol. The van der Waals surface area contributed by atoms with Crippen LogP contribution in [0.1, 0.15) is 29.4 Å². The SMILES string of the molecule is CCNC(=O)c1cc(NCCC(=O)Nc2cccc(Cl)c2C)ccn1. The number of benzene rings is 1. The van der Waals surface area contributed by atoms with Gasteiger partial charge in [-0.05, 0) is 43.7 Å². The van der Waals surface area contributed by atoms with Crippen LogP contribution < -0.4 is 16.0 Å². The summed E-state index contributed by atoms with van der Waals surface area (Å²) < 4.78 is 0. The Balaban J connectivity index is 1.86. The molecule has 0 bridgehead atoms. The van der Waals surface area contributed by atoms with Gasteiger partial charge in [-0.1, -0.05) is 17.7 Å². The third-order valence-corrected chi connectivity index (χ3v) is 3.96. The van der Waals surface area contributed by atoms with Crippen LogP contribution >= 0.6 is 11.6 Å². The molecule has 0 saturated heterocycles. The minimum absolute atomic E-state index is 0.115. The predicted octanol–water partition coefficient (Wildman–Crippen LogP) is 3.23. The lowest BCUT2D eigenvalue weighted by atomic mass is 10.2. The zero-order valence-electron chi connectivity index (χ0n) is 14.2. The molecule has 2 amide bonds. The summed E-state index contributed by atoms with van der Waals surface area (Å²) in [5.74, 6) is -0.337. The first-order valence-corrected chi connectivity index (χ1v) is 8.42. The molecule has 3 N–H and O–H groups in total. The van der Waals surface area contributed by atoms with E-state index in [9.17, 15) is 9.59 Å². The normalized spacial score (nSPS) is 10.2. The molecule has 0 atom stereocenters. The molecule has 2 rings (SSSR count). The number of rotatable bonds is 7. The Labute approximate surface area is 152 Å². The van der Waals surface area contributed by atoms with Gasteiger partial charge >= 0.3 is 0 Å². The van der Waals surface area contributed by atoms with Crippen molar-refractivity contribution in [2.45, 2.75) is 20.3 Å². The van der Waals surface area contributed by atoms with Crippen LogP contribution in [0, 0.1) is 6.92 Å². The van der Waals surface area contributed by atoms with Gasteiger partial charge in [0.15, 0.2) is 0 Å². The highest BCUT2D eigenvalue weighted by atomic mass is 35.5. The van der Waals surface area contributed by atoms with Gasteiger partial charge in [0.1, 0.15) is 5.69 Å². The Bertz CT molecular complexity index is 764. The van der Waals surface area contributed by atoms with E-state index in [1.807, 2.05) is 19.9 Å². The van der Waals surface area contributed by atoms with Gasteiger partial charge in [-0.3, -0.25) is 14.6 Å². The number of hydrogen-bond acceptors (Lipinski definition) is 4. The second kappa shape index (κ2) is 9.03. The summed E-state index contributed by atoms with van der Waals surface area (Å²) in [6.07, 6.45) is 1.84. The summed E-state index contributed by atoms with van der Waals surface area (Å²) in [5.41, 5.74) is 2.62. The maximum absolute atomic E-state index is 12.1. The molecule has 132 valence electrons. The maximum Gasteiger partial charge on any atom is 0.269 e. The van der Waals surface area contributed by atoms with Gasteiger partial charge in [0.2, 0.25) is 5.91 Å². The number of nitrogens with one attached hydrogen (secondary N) is 3. The fourth-order valence-electron chi connectivity index (χ4n) is 2.19. The number of nitrogens with zero attached hydrogens (tertiary/aromatic N) is 1. The van der Waals surface area contributed by atoms with Crippen LogP contribution in [-0.4, -0.2) is 29.9 Å². The summed E-state index contributed by atoms with van der Waals surface area (Å²) in [6, 6.07) is 8.80. The van der Waals surface area contributed by atoms with Gasteiger partial charge < -0.3 is 16.0 Å². The van der Waals surface area contributed by atoms with Crippen molar-refractivity contribution in [3.8, 4) is 0 Å². The van der Waals surface area contributed by atoms with E-state index in [1.54, 1.807) is 30.5 Å². The number of carbonyl (C=O) groups excluding carboxylic acids is 2. The van der Waals surface area contributed by atoms with Crippen molar-refractivity contribution in [2.75, 3.05) is 23.7 Å². The minimum atomic E-state index is -0.222. The summed E-state index contributed by atoms with van der Waals surface area (Å²) >= 11 is 6.04. The number of pyridine rings is 1. The van der Waals surface area contributed by atoms with E-state index in [-0.39, 0.29) is 18.2 Å². The lowest BCUT2D eigenvalue weighted by molar-refractivity contribution is -0.115. The number of carbonyl (C=O) groups is 2. The summed E-state index contributed by atoms with van der Waals surface area (Å²) in [4.78, 5) is 27.9. The van der Waals surface area contributed by atoms with E-state index >= 15 is 0 Å². The number of amides is 2. The summed E-state index contributed by atoms with van der Waals surface area (Å²) in [6.45, 7) is 4.68. The Kier molecular flexibility index (Phi) is 6.77. The van der Waals surface area contributed by atoms with Gasteiger partial charge in [-0.2, -0.15) is 0 Å². The molecular formula is C18H21ClN4O2. The molecule has 0 saturated carbocycles. The van der Waals surface area contributed by atoms with E-state index in [0.29, 0.717) is 29.5 Å². The van der Waals surface area contributed by atoms with E-state index < -0.39 is 0 Å². The monoisotopic (exact) mass is 360 g/mol. The smallest absolute Gasteiger partial charge is 0.269 e. The van der Waals surface area contributed by atoms with Crippen molar-refractivity contribution < 1.29 is 9.59 Å². The molecule has 0 unspecified atom stereocenters. The minimum Gasteiger partial charge on any atom is -0.384 e. The number of hydrogen-bond donors (Lipinski definition) is 3. The zero-order chi connectivity index (χ0) is 18.2. The highest BCUT2D eigenvalue weighted by Gasteiger charge is 2.08. The summed E-state index contributed by atoms with van der Waals surface area (Å²) in [5, 5.41) is 9.27. The van der Waals surface area contributed by atoms with Crippen LogP contribution in [0.4, 0.5) is 11.4 Å². The van der Waals surface area contributed by atoms with Crippen molar-refractivity contribution in [3.63, 3.8) is 0 Å². The number of anilines is 2. The lowest BCUT2D eigenvalue weighted by Crippen LogP contribution is -2.23. The van der Waals surface area contributed by atoms with Crippen LogP contribution in [0.3, 0.4) is 0 Å². The Hall–Kier alpha value is -2.60. The van der Waals surface area contributed by atoms with Crippen molar-refractivity contribution in [3.05, 3.63) is 52.8 Å². The maximum atomic E-state index is 12.1. The fraction of sp³-hybridized carbons (Fsp3) is 0.278. The zero-order valence-corrected chi connectivity index (χ0v) is 15.0. The average molecular weight is 361 g/mol. The van der Waals surface area contributed by atoms with Crippen LogP contribution in [0.2, 0.25) is 5.02 Å². The van der Waals surface area contributed by atoms with Crippen molar-refractivity contribution in [2.24, 2.45) is 0 Å². The van der Waals surface area contributed by atoms with Crippen molar-refractivity contribution in [1.82, 2.24) is 10.3 Å². The largest absolute Gasteiger partial charge is 0.384 e. The molecule has 0 radical (unpaired) electrons. The molecule has 1 heterocycles. The standard InChI is InChI=1S/C18H21ClN4O2/c1-3-20-18(25)16-11-13(7-9-22-16)21-10-8-17(24)23-15-6-4-5-14(19)12(15)2/h4-7,9,11H,3,8,10H2,1-2H3,(H,20,25)(H,21,22)(H,23,24). The van der Waals surface area contributed by atoms with Crippen molar-refractivity contribution in [1.29, 1.82) is 0 Å². The number of halogens is 1. The predicted molar refractivity (Wildman–Crippen MR) is 100 cm³/mol. The molecule has 7 heteroatoms. The molecule has 0 fully saturated rings. The third-order valence-electron chi connectivity index (χ3n) is 3.55. The van der Waals surface area contributed by atoms with E-state index in [4.69, 9.17) is 11.6 Å². The van der Waals surface area contributed by atoms with Crippen LogP contribution in [0.15, 0.2) is 36.5 Å². The molecule has 6 nitrogen and oxygen atoms in total. The quantitative estimate of drug-likeness (QED) is 0.707. The van der Waals surface area contributed by atoms with Gasteiger partial charge in [-0.15, -0.1) is 0 Å². The molecule has 1 aromatic heterocycles. The van der Waals surface area contributed by atoms with Crippen LogP contribution in [0.5, 0.6) is 0 Å². The topological polar surface area (TPSA) is 83.1 Å². The molecule has 0 aliphatic rings. The number of aromatic nitrogens is 1. The van der Waals surface area contributed by atoms with Gasteiger partial charge in [0.05, 0.1) is 0 Å². The van der Waals surface area contributed by atoms with Crippen LogP contribution in [0.25, 0.3) is 0 Å². The Morgan fingerprint density at radius 3 is 2.80 bits per heavy atom. The second-order valence-corrected chi connectivity index (χ2v) is 5.83. The lowest BCUT2D eigenvalue weighted by Gasteiger charge is -2.11. The third kappa shape index (κ3) is 5.46. The fourth-order valence-corrected chi connectivity index (χ4v) is 2.37. The molecule has 0 aliphatic heterocycles. The highest BCUT2D eigenvalue weighted by Crippen LogP contribution is 2.22. The van der Waals surface area contributed by atoms with E-state index in [2.05, 4.69) is 20.9 Å². The molecule has 0 aliphatic carbocycles. The van der Waals surface area contributed by atoms with Gasteiger partial charge in [0, 0.05) is 42.1 Å². The highest BCUT2D eigenvalue weighted by molar-refractivity contribution is 6.31. The average Bonchev–Trinajstić information content (AvgIpc) is 2.59. The van der Waals surface area contributed by atoms with Gasteiger partial charge in [-0.25, -0.2) is 0 Å². The summed E-state index contributed by atoms with van der Waals surface area (Å²) in [7, 11) is 0. The second-order valence-electron chi connectivity index (χ2n) is 5.43. The molecule has 25 heavy (non-hydrogen) atoms. The van der Waals surface area contributed by atoms with E-state index in [1.165, 1.54) is 0 Å². The first-order chi connectivity index (χ1) is 12.0. The first-order valence-electron chi connectivity index (χ1n) is 8.04. The van der Waals surface area contributed by atoms with E-state index in [0.717, 1.165) is 11.3 Å². The first kappa shape index (κ1) is 18.7. The Morgan fingerprint density at radius 2 is 2.04 bits per heavy atom. The molecule has 0 spiro atoms. The molecule has 1 aromatic carbocycles. The molecule has 2 aromatic rings. The van der Waals surface area contributed by atoms with Gasteiger partial charge in [0.25, 0.3) is 5.91 Å². The van der Waals surface area contributed by atoms with Crippen molar-refractivity contribution >= 4 is 34.8 Å².